The van der Waals surface area contributed by atoms with Gasteiger partial charge < -0.3 is 5.73 Å². The van der Waals surface area contributed by atoms with Gasteiger partial charge in [0, 0.05) is 35.3 Å². The first-order valence-electron chi connectivity index (χ1n) is 11.5. The van der Waals surface area contributed by atoms with Crippen LogP contribution < -0.4 is 5.73 Å². The van der Waals surface area contributed by atoms with E-state index in [1.165, 1.54) is 43.0 Å². The van der Waals surface area contributed by atoms with Crippen molar-refractivity contribution in [2.45, 2.75) is 89.6 Å². The monoisotopic (exact) mass is 495 g/mol. The van der Waals surface area contributed by atoms with Crippen LogP contribution in [0.5, 0.6) is 0 Å². The van der Waals surface area contributed by atoms with Gasteiger partial charge in [-0.05, 0) is 75.0 Å². The average Bonchev–Trinajstić information content (AvgIpc) is 3.05. The molecule has 0 aliphatic heterocycles. The molecule has 2 aliphatic carbocycles. The summed E-state index contributed by atoms with van der Waals surface area (Å²) in [5.41, 5.74) is 8.29. The normalized spacial score (nSPS) is 22.7. The van der Waals surface area contributed by atoms with Crippen molar-refractivity contribution >= 4 is 45.0 Å². The molecule has 166 valence electrons. The smallest absolute Gasteiger partial charge is 0.133 e. The molecule has 0 amide bonds. The molecule has 2 aromatic rings. The second-order valence-corrected chi connectivity index (χ2v) is 10.2. The number of carbonyl (C=O) groups excluding carboxylic acids is 1. The van der Waals surface area contributed by atoms with Crippen LogP contribution in [0.3, 0.4) is 0 Å². The molecule has 1 aromatic heterocycles. The highest BCUT2D eigenvalue weighted by Crippen LogP contribution is 2.30. The number of rotatable bonds is 7. The summed E-state index contributed by atoms with van der Waals surface area (Å²) in [5, 5.41) is 6.18. The predicted octanol–water partition coefficient (Wildman–Crippen LogP) is 6.21. The highest BCUT2D eigenvalue weighted by molar-refractivity contribution is 9.10. The lowest BCUT2D eigenvalue weighted by Gasteiger charge is -2.25. The van der Waals surface area contributed by atoms with Gasteiger partial charge in [0.1, 0.15) is 5.78 Å². The van der Waals surface area contributed by atoms with Gasteiger partial charge in [-0.3, -0.25) is 9.48 Å². The minimum absolute atomic E-state index is 0. The third-order valence-electron chi connectivity index (χ3n) is 6.99. The van der Waals surface area contributed by atoms with Gasteiger partial charge in [-0.15, -0.1) is 12.4 Å². The molecule has 2 N–H and O–H groups in total. The van der Waals surface area contributed by atoms with Gasteiger partial charge >= 0.3 is 0 Å². The van der Waals surface area contributed by atoms with Crippen molar-refractivity contribution in [2.24, 2.45) is 17.6 Å². The molecule has 0 unspecified atom stereocenters. The Balaban J connectivity index is 0.00000256. The Labute approximate surface area is 194 Å². The first kappa shape index (κ1) is 23.7. The van der Waals surface area contributed by atoms with E-state index in [0.29, 0.717) is 24.2 Å². The van der Waals surface area contributed by atoms with Crippen LogP contribution in [0.2, 0.25) is 0 Å². The molecule has 30 heavy (non-hydrogen) atoms. The first-order valence-corrected chi connectivity index (χ1v) is 12.3. The Morgan fingerprint density at radius 3 is 2.53 bits per heavy atom. The van der Waals surface area contributed by atoms with E-state index >= 15 is 0 Å². The van der Waals surface area contributed by atoms with Gasteiger partial charge in [0.05, 0.1) is 11.2 Å². The van der Waals surface area contributed by atoms with E-state index in [1.54, 1.807) is 0 Å². The summed E-state index contributed by atoms with van der Waals surface area (Å²) in [4.78, 5) is 12.6. The second kappa shape index (κ2) is 11.1. The number of ketones is 1. The number of carbonyl (C=O) groups is 1. The Morgan fingerprint density at radius 2 is 1.80 bits per heavy atom. The molecule has 4 nitrogen and oxygen atoms in total. The van der Waals surface area contributed by atoms with Crippen molar-refractivity contribution in [3.05, 3.63) is 28.4 Å². The van der Waals surface area contributed by atoms with E-state index in [-0.39, 0.29) is 12.4 Å². The molecule has 0 radical (unpaired) electrons. The number of fused-ring (bicyclic) bond motifs is 1. The zero-order valence-corrected chi connectivity index (χ0v) is 20.2. The molecule has 0 saturated heterocycles. The van der Waals surface area contributed by atoms with Gasteiger partial charge in [-0.1, -0.05) is 35.2 Å². The fraction of sp³-hybridized carbons (Fsp3) is 0.667. The highest BCUT2D eigenvalue weighted by Gasteiger charge is 2.22. The molecular weight excluding hydrogens is 462 g/mol. The van der Waals surface area contributed by atoms with Crippen molar-refractivity contribution in [3.63, 3.8) is 0 Å². The van der Waals surface area contributed by atoms with Gasteiger partial charge in [0.15, 0.2) is 0 Å². The van der Waals surface area contributed by atoms with Gasteiger partial charge in [-0.2, -0.15) is 5.10 Å². The van der Waals surface area contributed by atoms with Crippen molar-refractivity contribution < 1.29 is 4.79 Å². The fourth-order valence-electron chi connectivity index (χ4n) is 5.23. The maximum atomic E-state index is 12.6. The Hall–Kier alpha value is -0.910. The van der Waals surface area contributed by atoms with Crippen molar-refractivity contribution in [2.75, 3.05) is 0 Å². The standard InChI is InChI=1S/C24H34BrN3O.ClH/c25-19-8-13-24-22(15-19)23(27-28(24)16-18-4-2-1-3-5-18)12-11-21(29)14-17-6-9-20(26)10-7-17;/h8,13,15,17-18,20H,1-7,9-12,14,16,26H2;1H. The summed E-state index contributed by atoms with van der Waals surface area (Å²) >= 11 is 3.61. The summed E-state index contributed by atoms with van der Waals surface area (Å²) in [5.74, 6) is 1.66. The van der Waals surface area contributed by atoms with Gasteiger partial charge in [0.25, 0.3) is 0 Å². The number of nitrogens with two attached hydrogens (primary N) is 1. The van der Waals surface area contributed by atoms with E-state index in [1.807, 2.05) is 0 Å². The SMILES string of the molecule is Cl.NC1CCC(CC(=O)CCc2nn(CC3CCCCC3)c3ccc(Br)cc23)CC1. The molecule has 4 rings (SSSR count). The van der Waals surface area contributed by atoms with E-state index in [2.05, 4.69) is 38.8 Å². The van der Waals surface area contributed by atoms with E-state index in [4.69, 9.17) is 10.8 Å². The summed E-state index contributed by atoms with van der Waals surface area (Å²) in [7, 11) is 0. The van der Waals surface area contributed by atoms with Crippen molar-refractivity contribution in [1.82, 2.24) is 9.78 Å². The topological polar surface area (TPSA) is 60.9 Å². The summed E-state index contributed by atoms with van der Waals surface area (Å²) in [6, 6.07) is 6.79. The van der Waals surface area contributed by atoms with Crippen molar-refractivity contribution in [3.8, 4) is 0 Å². The number of Topliss-reactive ketones (excluding diaryl/α,β-unsaturated/α-hetero) is 1. The number of aryl methyl sites for hydroxylation is 1. The number of halogens is 2. The van der Waals surface area contributed by atoms with E-state index < -0.39 is 0 Å². The molecule has 1 aromatic carbocycles. The average molecular weight is 497 g/mol. The lowest BCUT2D eigenvalue weighted by atomic mass is 9.83. The zero-order chi connectivity index (χ0) is 20.2. The van der Waals surface area contributed by atoms with Gasteiger partial charge in [-0.25, -0.2) is 0 Å². The van der Waals surface area contributed by atoms with Crippen LogP contribution in [-0.4, -0.2) is 21.6 Å². The van der Waals surface area contributed by atoms with Crippen molar-refractivity contribution in [1.29, 1.82) is 0 Å². The maximum absolute atomic E-state index is 12.6. The maximum Gasteiger partial charge on any atom is 0.133 e. The second-order valence-electron chi connectivity index (χ2n) is 9.32. The van der Waals surface area contributed by atoms with Crippen LogP contribution in [0.25, 0.3) is 10.9 Å². The largest absolute Gasteiger partial charge is 0.328 e. The molecular formula is C24H35BrClN3O. The van der Waals surface area contributed by atoms with Crippen LogP contribution in [0.1, 0.15) is 76.3 Å². The fourth-order valence-corrected chi connectivity index (χ4v) is 5.59. The quantitative estimate of drug-likeness (QED) is 0.495. The Morgan fingerprint density at radius 1 is 1.07 bits per heavy atom. The molecule has 2 aliphatic rings. The lowest BCUT2D eigenvalue weighted by molar-refractivity contribution is -0.120. The summed E-state index contributed by atoms with van der Waals surface area (Å²) in [6.45, 7) is 1.01. The Kier molecular flexibility index (Phi) is 8.79. The number of benzene rings is 1. The van der Waals surface area contributed by atoms with Crippen LogP contribution in [0, 0.1) is 11.8 Å². The predicted molar refractivity (Wildman–Crippen MR) is 129 cm³/mol. The molecule has 2 fully saturated rings. The van der Waals surface area contributed by atoms with Crippen LogP contribution >= 0.6 is 28.3 Å². The third-order valence-corrected chi connectivity index (χ3v) is 7.49. The lowest BCUT2D eigenvalue weighted by Crippen LogP contribution is -2.27. The van der Waals surface area contributed by atoms with Crippen LogP contribution in [0.15, 0.2) is 22.7 Å². The highest BCUT2D eigenvalue weighted by atomic mass is 79.9. The third kappa shape index (κ3) is 6.08. The number of nitrogens with zero attached hydrogens (tertiary/aromatic N) is 2. The molecule has 6 heteroatoms. The molecule has 2 saturated carbocycles. The van der Waals surface area contributed by atoms with Gasteiger partial charge in [0.2, 0.25) is 0 Å². The molecule has 1 heterocycles. The zero-order valence-electron chi connectivity index (χ0n) is 17.8. The number of hydrogen-bond acceptors (Lipinski definition) is 3. The minimum atomic E-state index is 0. The van der Waals surface area contributed by atoms with Crippen LogP contribution in [-0.2, 0) is 17.8 Å². The summed E-state index contributed by atoms with van der Waals surface area (Å²) in [6.07, 6.45) is 13.1. The van der Waals surface area contributed by atoms with Crippen LogP contribution in [0.4, 0.5) is 0 Å². The number of hydrogen-bond donors (Lipinski definition) is 1. The molecule has 0 spiro atoms. The van der Waals surface area contributed by atoms with E-state index in [0.717, 1.165) is 61.2 Å². The minimum Gasteiger partial charge on any atom is -0.328 e. The Bertz CT molecular complexity index is 838. The molecule has 0 bridgehead atoms. The number of aromatic nitrogens is 2. The summed E-state index contributed by atoms with van der Waals surface area (Å²) < 4.78 is 3.29. The van der Waals surface area contributed by atoms with E-state index in [9.17, 15) is 4.79 Å². The first-order chi connectivity index (χ1) is 14.1. The molecule has 0 atom stereocenters.